The van der Waals surface area contributed by atoms with Gasteiger partial charge < -0.3 is 14.6 Å². The van der Waals surface area contributed by atoms with Crippen LogP contribution in [0, 0.1) is 0 Å². The Bertz CT molecular complexity index is 490. The van der Waals surface area contributed by atoms with E-state index in [0.717, 1.165) is 0 Å². The molecule has 0 fully saturated rings. The van der Waals surface area contributed by atoms with Gasteiger partial charge in [0.15, 0.2) is 0 Å². The molecule has 0 spiro atoms. The molecule has 0 aromatic heterocycles. The van der Waals surface area contributed by atoms with Crippen LogP contribution in [0.3, 0.4) is 0 Å². The minimum Gasteiger partial charge on any atom is -0.495 e. The lowest BCUT2D eigenvalue weighted by Gasteiger charge is -2.20. The lowest BCUT2D eigenvalue weighted by atomic mass is 10.2. The van der Waals surface area contributed by atoms with E-state index in [9.17, 15) is 9.59 Å². The van der Waals surface area contributed by atoms with Gasteiger partial charge in [0, 0.05) is 0 Å². The molecule has 0 aliphatic rings. The molecule has 0 saturated heterocycles. The Kier molecular flexibility index (Phi) is 4.37. The van der Waals surface area contributed by atoms with E-state index in [1.807, 2.05) is 0 Å². The van der Waals surface area contributed by atoms with E-state index in [1.165, 1.54) is 25.3 Å². The van der Waals surface area contributed by atoms with Crippen LogP contribution in [-0.2, 0) is 4.74 Å². The number of carbonyl (C=O) groups is 2. The highest BCUT2D eigenvalue weighted by Crippen LogP contribution is 2.26. The van der Waals surface area contributed by atoms with Gasteiger partial charge in [0.1, 0.15) is 11.4 Å². The second-order valence-corrected chi connectivity index (χ2v) is 4.85. The van der Waals surface area contributed by atoms with Crippen molar-refractivity contribution in [2.24, 2.45) is 0 Å². The zero-order valence-electron chi connectivity index (χ0n) is 11.3. The zero-order chi connectivity index (χ0) is 14.6. The predicted octanol–water partition coefficient (Wildman–Crippen LogP) is 2.74. The number of ether oxygens (including phenoxy) is 2. The average molecular weight is 267 g/mol. The topological polar surface area (TPSA) is 84.9 Å². The molecule has 1 amide bonds. The van der Waals surface area contributed by atoms with Crippen molar-refractivity contribution in [3.8, 4) is 5.75 Å². The Morgan fingerprint density at radius 1 is 1.26 bits per heavy atom. The van der Waals surface area contributed by atoms with Crippen molar-refractivity contribution in [3.05, 3.63) is 23.8 Å². The number of hydrogen-bond acceptors (Lipinski definition) is 4. The summed E-state index contributed by atoms with van der Waals surface area (Å²) in [6.45, 7) is 5.24. The summed E-state index contributed by atoms with van der Waals surface area (Å²) in [6.07, 6.45) is -0.631. The van der Waals surface area contributed by atoms with E-state index >= 15 is 0 Å². The van der Waals surface area contributed by atoms with Gasteiger partial charge >= 0.3 is 12.1 Å². The van der Waals surface area contributed by atoms with E-state index < -0.39 is 17.7 Å². The molecule has 19 heavy (non-hydrogen) atoms. The highest BCUT2D eigenvalue weighted by atomic mass is 16.6. The molecule has 6 nitrogen and oxygen atoms in total. The van der Waals surface area contributed by atoms with Crippen molar-refractivity contribution in [3.63, 3.8) is 0 Å². The molecule has 6 heteroatoms. The summed E-state index contributed by atoms with van der Waals surface area (Å²) in [5, 5.41) is 11.4. The van der Waals surface area contributed by atoms with E-state index in [1.54, 1.807) is 20.8 Å². The quantitative estimate of drug-likeness (QED) is 0.879. The summed E-state index contributed by atoms with van der Waals surface area (Å²) in [5.41, 5.74) is -0.188. The summed E-state index contributed by atoms with van der Waals surface area (Å²) >= 11 is 0. The van der Waals surface area contributed by atoms with Crippen LogP contribution in [0.25, 0.3) is 0 Å². The summed E-state index contributed by atoms with van der Waals surface area (Å²) in [5.74, 6) is -0.812. The Morgan fingerprint density at radius 2 is 1.89 bits per heavy atom. The van der Waals surface area contributed by atoms with Gasteiger partial charge in [-0.05, 0) is 39.0 Å². The predicted molar refractivity (Wildman–Crippen MR) is 69.8 cm³/mol. The number of rotatable bonds is 3. The first-order valence-corrected chi connectivity index (χ1v) is 5.64. The van der Waals surface area contributed by atoms with Crippen LogP contribution in [0.2, 0.25) is 0 Å². The fraction of sp³-hybridized carbons (Fsp3) is 0.385. The second-order valence-electron chi connectivity index (χ2n) is 4.85. The number of carboxylic acid groups (broad SMARTS) is 1. The maximum atomic E-state index is 11.6. The molecule has 0 atom stereocenters. The van der Waals surface area contributed by atoms with Gasteiger partial charge in [0.05, 0.1) is 18.4 Å². The van der Waals surface area contributed by atoms with Crippen molar-refractivity contribution in [2.45, 2.75) is 26.4 Å². The molecule has 1 aromatic carbocycles. The molecule has 0 aliphatic carbocycles. The number of methoxy groups -OCH3 is 1. The van der Waals surface area contributed by atoms with Crippen LogP contribution >= 0.6 is 0 Å². The van der Waals surface area contributed by atoms with E-state index in [-0.39, 0.29) is 11.3 Å². The fourth-order valence-electron chi connectivity index (χ4n) is 1.34. The monoisotopic (exact) mass is 267 g/mol. The molecule has 0 unspecified atom stereocenters. The highest BCUT2D eigenvalue weighted by Gasteiger charge is 2.18. The number of carboxylic acids is 1. The fourth-order valence-corrected chi connectivity index (χ4v) is 1.34. The number of aromatic carboxylic acids is 1. The van der Waals surface area contributed by atoms with Crippen LogP contribution in [0.4, 0.5) is 10.5 Å². The molecule has 0 aliphatic heterocycles. The third kappa shape index (κ3) is 4.50. The summed E-state index contributed by atoms with van der Waals surface area (Å²) < 4.78 is 10.1. The number of amides is 1. The van der Waals surface area contributed by atoms with Crippen molar-refractivity contribution < 1.29 is 24.2 Å². The first kappa shape index (κ1) is 14.8. The maximum Gasteiger partial charge on any atom is 0.412 e. The van der Waals surface area contributed by atoms with Gasteiger partial charge in [0.2, 0.25) is 0 Å². The number of hydrogen-bond donors (Lipinski definition) is 2. The summed E-state index contributed by atoms with van der Waals surface area (Å²) in [4.78, 5) is 22.4. The normalized spacial score (nSPS) is 10.7. The maximum absolute atomic E-state index is 11.6. The summed E-state index contributed by atoms with van der Waals surface area (Å²) in [6, 6.07) is 4.15. The molecule has 0 bridgehead atoms. The third-order valence-electron chi connectivity index (χ3n) is 2.08. The minimum atomic E-state index is -1.07. The minimum absolute atomic E-state index is 0.0755. The molecular formula is C13H17NO5. The van der Waals surface area contributed by atoms with E-state index in [4.69, 9.17) is 14.6 Å². The zero-order valence-corrected chi connectivity index (χ0v) is 11.3. The molecule has 2 N–H and O–H groups in total. The molecule has 104 valence electrons. The Balaban J connectivity index is 2.89. The first-order valence-electron chi connectivity index (χ1n) is 5.64. The van der Waals surface area contributed by atoms with Crippen molar-refractivity contribution >= 4 is 17.7 Å². The number of anilines is 1. The molecule has 0 radical (unpaired) electrons. The van der Waals surface area contributed by atoms with Crippen LogP contribution < -0.4 is 10.1 Å². The van der Waals surface area contributed by atoms with Crippen LogP contribution in [0.5, 0.6) is 5.75 Å². The lowest BCUT2D eigenvalue weighted by Crippen LogP contribution is -2.27. The molecule has 1 rings (SSSR count). The Labute approximate surface area is 111 Å². The van der Waals surface area contributed by atoms with Crippen molar-refractivity contribution in [1.29, 1.82) is 0 Å². The Morgan fingerprint density at radius 3 is 2.37 bits per heavy atom. The second kappa shape index (κ2) is 5.60. The SMILES string of the molecule is COc1cc(C(=O)O)ccc1NC(=O)OC(C)(C)C. The van der Waals surface area contributed by atoms with Crippen LogP contribution in [-0.4, -0.2) is 29.9 Å². The van der Waals surface area contributed by atoms with Crippen molar-refractivity contribution in [1.82, 2.24) is 0 Å². The van der Waals surface area contributed by atoms with Crippen LogP contribution in [0.15, 0.2) is 18.2 Å². The van der Waals surface area contributed by atoms with Gasteiger partial charge in [-0.3, -0.25) is 5.32 Å². The number of nitrogens with one attached hydrogen (secondary N) is 1. The smallest absolute Gasteiger partial charge is 0.412 e. The van der Waals surface area contributed by atoms with Crippen LogP contribution in [0.1, 0.15) is 31.1 Å². The van der Waals surface area contributed by atoms with E-state index in [0.29, 0.717) is 5.69 Å². The molecular weight excluding hydrogens is 250 g/mol. The van der Waals surface area contributed by atoms with Crippen molar-refractivity contribution in [2.75, 3.05) is 12.4 Å². The van der Waals surface area contributed by atoms with E-state index in [2.05, 4.69) is 5.32 Å². The van der Waals surface area contributed by atoms with Gasteiger partial charge in [-0.15, -0.1) is 0 Å². The van der Waals surface area contributed by atoms with Gasteiger partial charge in [-0.2, -0.15) is 0 Å². The van der Waals surface area contributed by atoms with Gasteiger partial charge in [0.25, 0.3) is 0 Å². The number of benzene rings is 1. The first-order chi connectivity index (χ1) is 8.73. The standard InChI is InChI=1S/C13H17NO5/c1-13(2,3)19-12(17)14-9-6-5-8(11(15)16)7-10(9)18-4/h5-7H,1-4H3,(H,14,17)(H,15,16). The Hall–Kier alpha value is -2.24. The molecule has 1 aromatic rings. The lowest BCUT2D eigenvalue weighted by molar-refractivity contribution is 0.0634. The van der Waals surface area contributed by atoms with Gasteiger partial charge in [-0.1, -0.05) is 0 Å². The summed E-state index contributed by atoms with van der Waals surface area (Å²) in [7, 11) is 1.39. The highest BCUT2D eigenvalue weighted by molar-refractivity contribution is 5.92. The number of carbonyl (C=O) groups excluding carboxylic acids is 1. The largest absolute Gasteiger partial charge is 0.495 e. The average Bonchev–Trinajstić information content (AvgIpc) is 2.26. The molecule has 0 heterocycles. The van der Waals surface area contributed by atoms with Gasteiger partial charge in [-0.25, -0.2) is 9.59 Å². The third-order valence-corrected chi connectivity index (χ3v) is 2.08. The molecule has 0 saturated carbocycles.